The molecular formula is C17H25NO4. The smallest absolute Gasteiger partial charge is 0.260 e. The van der Waals surface area contributed by atoms with E-state index < -0.39 is 0 Å². The quantitative estimate of drug-likeness (QED) is 0.811. The minimum Gasteiger partial charge on any atom is -0.496 e. The average molecular weight is 307 g/mol. The number of hydrogen-bond acceptors (Lipinski definition) is 4. The van der Waals surface area contributed by atoms with Gasteiger partial charge in [0, 0.05) is 31.3 Å². The molecule has 1 fully saturated rings. The van der Waals surface area contributed by atoms with Crippen LogP contribution >= 0.6 is 0 Å². The van der Waals surface area contributed by atoms with Gasteiger partial charge in [-0.05, 0) is 12.8 Å². The molecule has 0 saturated heterocycles. The summed E-state index contributed by atoms with van der Waals surface area (Å²) < 4.78 is 16.0. The summed E-state index contributed by atoms with van der Waals surface area (Å²) in [5.41, 5.74) is 0. The monoisotopic (exact) mass is 307 g/mol. The summed E-state index contributed by atoms with van der Waals surface area (Å²) in [6, 6.07) is 5.61. The Morgan fingerprint density at radius 1 is 1.05 bits per heavy atom. The van der Waals surface area contributed by atoms with E-state index in [0.717, 1.165) is 12.8 Å². The van der Waals surface area contributed by atoms with Gasteiger partial charge in [-0.25, -0.2) is 0 Å². The Labute approximate surface area is 132 Å². The Bertz CT molecular complexity index is 475. The van der Waals surface area contributed by atoms with Crippen LogP contribution in [0.4, 0.5) is 0 Å². The lowest BCUT2D eigenvalue weighted by Crippen LogP contribution is -2.40. The molecule has 0 heterocycles. The molecule has 1 aliphatic rings. The van der Waals surface area contributed by atoms with Crippen molar-refractivity contribution in [3.63, 3.8) is 0 Å². The molecule has 1 amide bonds. The van der Waals surface area contributed by atoms with Gasteiger partial charge in [0.2, 0.25) is 0 Å². The first kappa shape index (κ1) is 16.5. The molecule has 0 aromatic heterocycles. The molecular weight excluding hydrogens is 282 g/mol. The molecule has 1 aromatic carbocycles. The molecule has 5 nitrogen and oxygen atoms in total. The molecule has 5 heteroatoms. The largest absolute Gasteiger partial charge is 0.496 e. The van der Waals surface area contributed by atoms with Crippen molar-refractivity contribution >= 4 is 5.91 Å². The third kappa shape index (κ3) is 4.29. The summed E-state index contributed by atoms with van der Waals surface area (Å²) in [6.07, 6.45) is 5.87. The fraction of sp³-hybridized carbons (Fsp3) is 0.588. The van der Waals surface area contributed by atoms with Crippen LogP contribution in [-0.4, -0.2) is 44.7 Å². The first-order valence-corrected chi connectivity index (χ1v) is 7.75. The summed E-state index contributed by atoms with van der Waals surface area (Å²) in [5, 5.41) is 0. The third-order valence-corrected chi connectivity index (χ3v) is 4.20. The van der Waals surface area contributed by atoms with E-state index in [1.54, 1.807) is 32.4 Å². The predicted octanol–water partition coefficient (Wildman–Crippen LogP) is 2.87. The number of rotatable bonds is 6. The summed E-state index contributed by atoms with van der Waals surface area (Å²) in [4.78, 5) is 14.1. The van der Waals surface area contributed by atoms with Gasteiger partial charge in [-0.2, -0.15) is 0 Å². The number of likely N-dealkylation sites (N-methyl/N-ethyl adjacent to an activating group) is 1. The maximum Gasteiger partial charge on any atom is 0.260 e. The normalized spacial score (nSPS) is 15.2. The number of carbonyl (C=O) groups is 1. The van der Waals surface area contributed by atoms with Crippen molar-refractivity contribution in [2.45, 2.75) is 38.1 Å². The molecule has 0 aliphatic heterocycles. The molecule has 0 atom stereocenters. The fourth-order valence-electron chi connectivity index (χ4n) is 2.78. The number of amides is 1. The van der Waals surface area contributed by atoms with Crippen LogP contribution in [0.3, 0.4) is 0 Å². The zero-order chi connectivity index (χ0) is 15.9. The molecule has 0 radical (unpaired) electrons. The Balaban J connectivity index is 1.92. The second-order valence-corrected chi connectivity index (χ2v) is 5.63. The van der Waals surface area contributed by atoms with Crippen LogP contribution < -0.4 is 14.2 Å². The minimum atomic E-state index is 0.00804. The van der Waals surface area contributed by atoms with E-state index in [2.05, 4.69) is 0 Å². The van der Waals surface area contributed by atoms with Gasteiger partial charge in [-0.1, -0.05) is 19.3 Å². The average Bonchev–Trinajstić information content (AvgIpc) is 2.59. The SMILES string of the molecule is COc1cc(OC)cc(OCC(=O)N(C)C2CCCCC2)c1. The van der Waals surface area contributed by atoms with E-state index in [9.17, 15) is 4.79 Å². The number of hydrogen-bond donors (Lipinski definition) is 0. The molecule has 0 spiro atoms. The van der Waals surface area contributed by atoms with E-state index in [1.807, 2.05) is 11.9 Å². The lowest BCUT2D eigenvalue weighted by molar-refractivity contribution is -0.134. The first-order chi connectivity index (χ1) is 10.6. The Morgan fingerprint density at radius 3 is 2.14 bits per heavy atom. The zero-order valence-corrected chi connectivity index (χ0v) is 13.6. The third-order valence-electron chi connectivity index (χ3n) is 4.20. The molecule has 1 aromatic rings. The second kappa shape index (κ2) is 7.92. The zero-order valence-electron chi connectivity index (χ0n) is 13.6. The topological polar surface area (TPSA) is 48.0 Å². The maximum absolute atomic E-state index is 12.3. The van der Waals surface area contributed by atoms with Crippen molar-refractivity contribution in [1.82, 2.24) is 4.90 Å². The van der Waals surface area contributed by atoms with E-state index in [1.165, 1.54) is 19.3 Å². The number of nitrogens with zero attached hydrogens (tertiary/aromatic N) is 1. The summed E-state index contributed by atoms with van der Waals surface area (Å²) in [5.74, 6) is 1.86. The van der Waals surface area contributed by atoms with Crippen LogP contribution in [0, 0.1) is 0 Å². The van der Waals surface area contributed by atoms with E-state index in [0.29, 0.717) is 23.3 Å². The van der Waals surface area contributed by atoms with Crippen molar-refractivity contribution in [2.24, 2.45) is 0 Å². The van der Waals surface area contributed by atoms with Gasteiger partial charge < -0.3 is 19.1 Å². The van der Waals surface area contributed by atoms with Gasteiger partial charge in [0.25, 0.3) is 5.91 Å². The van der Waals surface area contributed by atoms with Crippen LogP contribution in [0.15, 0.2) is 18.2 Å². The van der Waals surface area contributed by atoms with Crippen molar-refractivity contribution in [3.8, 4) is 17.2 Å². The minimum absolute atomic E-state index is 0.00804. The van der Waals surface area contributed by atoms with Crippen LogP contribution in [-0.2, 0) is 4.79 Å². The van der Waals surface area contributed by atoms with Gasteiger partial charge in [0.15, 0.2) is 6.61 Å². The first-order valence-electron chi connectivity index (χ1n) is 7.75. The van der Waals surface area contributed by atoms with E-state index >= 15 is 0 Å². The van der Waals surface area contributed by atoms with Crippen LogP contribution in [0.5, 0.6) is 17.2 Å². The van der Waals surface area contributed by atoms with Gasteiger partial charge in [-0.15, -0.1) is 0 Å². The van der Waals surface area contributed by atoms with Gasteiger partial charge >= 0.3 is 0 Å². The maximum atomic E-state index is 12.3. The standard InChI is InChI=1S/C17H25NO4/c1-18(13-7-5-4-6-8-13)17(19)12-22-16-10-14(20-2)9-15(11-16)21-3/h9-11,13H,4-8,12H2,1-3H3. The molecule has 0 unspecified atom stereocenters. The van der Waals surface area contributed by atoms with E-state index in [4.69, 9.17) is 14.2 Å². The summed E-state index contributed by atoms with van der Waals surface area (Å²) in [7, 11) is 5.04. The molecule has 0 bridgehead atoms. The summed E-state index contributed by atoms with van der Waals surface area (Å²) in [6.45, 7) is 0.0311. The lowest BCUT2D eigenvalue weighted by atomic mass is 9.94. The molecule has 1 saturated carbocycles. The van der Waals surface area contributed by atoms with Crippen LogP contribution in [0.2, 0.25) is 0 Å². The summed E-state index contributed by atoms with van der Waals surface area (Å²) >= 11 is 0. The number of ether oxygens (including phenoxy) is 3. The molecule has 122 valence electrons. The predicted molar refractivity (Wildman–Crippen MR) is 84.7 cm³/mol. The lowest BCUT2D eigenvalue weighted by Gasteiger charge is -2.31. The highest BCUT2D eigenvalue weighted by Gasteiger charge is 2.22. The highest BCUT2D eigenvalue weighted by molar-refractivity contribution is 5.77. The Kier molecular flexibility index (Phi) is 5.92. The number of benzene rings is 1. The molecule has 0 N–H and O–H groups in total. The highest BCUT2D eigenvalue weighted by atomic mass is 16.5. The van der Waals surface area contributed by atoms with Crippen molar-refractivity contribution in [3.05, 3.63) is 18.2 Å². The van der Waals surface area contributed by atoms with Crippen LogP contribution in [0.25, 0.3) is 0 Å². The Morgan fingerprint density at radius 2 is 1.59 bits per heavy atom. The van der Waals surface area contributed by atoms with Crippen molar-refractivity contribution in [2.75, 3.05) is 27.9 Å². The molecule has 2 rings (SSSR count). The van der Waals surface area contributed by atoms with Crippen molar-refractivity contribution in [1.29, 1.82) is 0 Å². The number of methoxy groups -OCH3 is 2. The van der Waals surface area contributed by atoms with Crippen LogP contribution in [0.1, 0.15) is 32.1 Å². The Hall–Kier alpha value is -1.91. The molecule has 1 aliphatic carbocycles. The van der Waals surface area contributed by atoms with Gasteiger partial charge in [0.1, 0.15) is 17.2 Å². The number of carbonyl (C=O) groups excluding carboxylic acids is 1. The van der Waals surface area contributed by atoms with Gasteiger partial charge in [-0.3, -0.25) is 4.79 Å². The highest BCUT2D eigenvalue weighted by Crippen LogP contribution is 2.27. The second-order valence-electron chi connectivity index (χ2n) is 5.63. The van der Waals surface area contributed by atoms with E-state index in [-0.39, 0.29) is 12.5 Å². The van der Waals surface area contributed by atoms with Crippen molar-refractivity contribution < 1.29 is 19.0 Å². The fourth-order valence-corrected chi connectivity index (χ4v) is 2.78. The molecule has 22 heavy (non-hydrogen) atoms. The van der Waals surface area contributed by atoms with Gasteiger partial charge in [0.05, 0.1) is 14.2 Å².